The Kier molecular flexibility index (Phi) is 5.44. The fraction of sp³-hybridized carbons (Fsp3) is 0.647. The van der Waals surface area contributed by atoms with E-state index in [1.54, 1.807) is 7.11 Å². The number of methoxy groups -OCH3 is 1. The minimum Gasteiger partial charge on any atom is -0.383 e. The van der Waals surface area contributed by atoms with Crippen molar-refractivity contribution in [2.75, 3.05) is 32.2 Å². The molecule has 0 heterocycles. The van der Waals surface area contributed by atoms with Crippen molar-refractivity contribution in [3.8, 4) is 0 Å². The zero-order chi connectivity index (χ0) is 14.5. The van der Waals surface area contributed by atoms with Crippen LogP contribution in [0.1, 0.15) is 30.9 Å². The van der Waals surface area contributed by atoms with E-state index >= 15 is 0 Å². The summed E-state index contributed by atoms with van der Waals surface area (Å²) in [6, 6.07) is 7.42. The Labute approximate surface area is 123 Å². The molecular weight excluding hydrogens is 248 g/mol. The van der Waals surface area contributed by atoms with Crippen LogP contribution in [0, 0.1) is 12.8 Å². The highest BCUT2D eigenvalue weighted by Crippen LogP contribution is 2.37. The third-order valence-corrected chi connectivity index (χ3v) is 4.28. The summed E-state index contributed by atoms with van der Waals surface area (Å²) < 4.78 is 5.29. The molecule has 1 saturated carbocycles. The van der Waals surface area contributed by atoms with Crippen molar-refractivity contribution in [2.24, 2.45) is 5.92 Å². The van der Waals surface area contributed by atoms with Crippen LogP contribution in [0.3, 0.4) is 0 Å². The molecule has 2 rings (SSSR count). The Hall–Kier alpha value is -1.06. The van der Waals surface area contributed by atoms with Gasteiger partial charge in [-0.05, 0) is 56.8 Å². The molecular formula is C17H28N2O. The monoisotopic (exact) mass is 276 g/mol. The second-order valence-corrected chi connectivity index (χ2v) is 5.92. The minimum atomic E-state index is 0.610. The van der Waals surface area contributed by atoms with Crippen molar-refractivity contribution in [1.82, 2.24) is 5.32 Å². The molecule has 3 nitrogen and oxygen atoms in total. The molecule has 1 fully saturated rings. The van der Waals surface area contributed by atoms with Gasteiger partial charge < -0.3 is 15.0 Å². The van der Waals surface area contributed by atoms with Crippen molar-refractivity contribution in [3.05, 3.63) is 29.3 Å². The number of nitrogens with zero attached hydrogens (tertiary/aromatic N) is 1. The summed E-state index contributed by atoms with van der Waals surface area (Å²) in [5.41, 5.74) is 4.07. The second kappa shape index (κ2) is 7.09. The first-order chi connectivity index (χ1) is 9.67. The van der Waals surface area contributed by atoms with Crippen LogP contribution < -0.4 is 10.2 Å². The fourth-order valence-electron chi connectivity index (χ4n) is 2.92. The molecule has 1 atom stereocenters. The summed E-state index contributed by atoms with van der Waals surface area (Å²) in [4.78, 5) is 2.53. The van der Waals surface area contributed by atoms with E-state index < -0.39 is 0 Å². The van der Waals surface area contributed by atoms with Crippen LogP contribution in [0.15, 0.2) is 18.2 Å². The maximum absolute atomic E-state index is 5.29. The Balaban J connectivity index is 2.18. The van der Waals surface area contributed by atoms with Gasteiger partial charge in [-0.15, -0.1) is 0 Å². The van der Waals surface area contributed by atoms with E-state index in [0.717, 1.165) is 25.6 Å². The summed E-state index contributed by atoms with van der Waals surface area (Å²) in [5, 5.41) is 3.21. The van der Waals surface area contributed by atoms with Gasteiger partial charge in [0.25, 0.3) is 0 Å². The summed E-state index contributed by atoms with van der Waals surface area (Å²) >= 11 is 0. The molecule has 1 aliphatic rings. The number of benzene rings is 1. The number of anilines is 1. The van der Waals surface area contributed by atoms with E-state index in [1.807, 2.05) is 7.05 Å². The van der Waals surface area contributed by atoms with E-state index in [0.29, 0.717) is 6.04 Å². The van der Waals surface area contributed by atoms with Crippen LogP contribution in [-0.2, 0) is 11.3 Å². The Morgan fingerprint density at radius 2 is 2.15 bits per heavy atom. The molecule has 0 bridgehead atoms. The summed E-state index contributed by atoms with van der Waals surface area (Å²) in [6.07, 6.45) is 2.75. The van der Waals surface area contributed by atoms with E-state index in [4.69, 9.17) is 4.74 Å². The summed E-state index contributed by atoms with van der Waals surface area (Å²) in [5.74, 6) is 0.864. The maximum atomic E-state index is 5.29. The smallest absolute Gasteiger partial charge is 0.0637 e. The van der Waals surface area contributed by atoms with Crippen molar-refractivity contribution in [1.29, 1.82) is 0 Å². The summed E-state index contributed by atoms with van der Waals surface area (Å²) in [6.45, 7) is 7.26. The lowest BCUT2D eigenvalue weighted by molar-refractivity contribution is 0.202. The van der Waals surface area contributed by atoms with Crippen LogP contribution >= 0.6 is 0 Å². The fourth-order valence-corrected chi connectivity index (χ4v) is 2.92. The molecule has 1 aromatic carbocycles. The predicted octanol–water partition coefficient (Wildman–Crippen LogP) is 2.97. The number of rotatable bonds is 8. The number of ether oxygens (including phenoxy) is 1. The lowest BCUT2D eigenvalue weighted by atomic mass is 10.1. The SMILES string of the molecule is CNCc1ccc(N(CCOC)C(C)C2CC2)c(C)c1. The topological polar surface area (TPSA) is 24.5 Å². The number of hydrogen-bond acceptors (Lipinski definition) is 3. The lowest BCUT2D eigenvalue weighted by Gasteiger charge is -2.33. The molecule has 1 aromatic rings. The molecule has 0 spiro atoms. The van der Waals surface area contributed by atoms with Crippen LogP contribution in [0.25, 0.3) is 0 Å². The molecule has 20 heavy (non-hydrogen) atoms. The molecule has 0 amide bonds. The van der Waals surface area contributed by atoms with Gasteiger partial charge >= 0.3 is 0 Å². The third-order valence-electron chi connectivity index (χ3n) is 4.28. The highest BCUT2D eigenvalue weighted by Gasteiger charge is 2.32. The van der Waals surface area contributed by atoms with Crippen LogP contribution in [-0.4, -0.2) is 33.4 Å². The standard InChI is InChI=1S/C17H28N2O/c1-13-11-15(12-18-3)5-8-17(13)19(9-10-20-4)14(2)16-6-7-16/h5,8,11,14,16,18H,6-7,9-10,12H2,1-4H3. The third kappa shape index (κ3) is 3.74. The molecule has 0 aromatic heterocycles. The quantitative estimate of drug-likeness (QED) is 0.790. The van der Waals surface area contributed by atoms with Gasteiger partial charge in [-0.25, -0.2) is 0 Å². The van der Waals surface area contributed by atoms with Crippen LogP contribution in [0.2, 0.25) is 0 Å². The first-order valence-electron chi connectivity index (χ1n) is 7.67. The number of hydrogen-bond donors (Lipinski definition) is 1. The Morgan fingerprint density at radius 3 is 2.70 bits per heavy atom. The van der Waals surface area contributed by atoms with E-state index in [-0.39, 0.29) is 0 Å². The van der Waals surface area contributed by atoms with E-state index in [9.17, 15) is 0 Å². The molecule has 0 saturated heterocycles. The zero-order valence-corrected chi connectivity index (χ0v) is 13.3. The molecule has 3 heteroatoms. The van der Waals surface area contributed by atoms with Gasteiger partial charge in [0.1, 0.15) is 0 Å². The van der Waals surface area contributed by atoms with Gasteiger partial charge in [-0.2, -0.15) is 0 Å². The van der Waals surface area contributed by atoms with Gasteiger partial charge in [-0.1, -0.05) is 12.1 Å². The average Bonchev–Trinajstić information content (AvgIpc) is 3.25. The first kappa shape index (κ1) is 15.3. The average molecular weight is 276 g/mol. The van der Waals surface area contributed by atoms with Crippen molar-refractivity contribution in [2.45, 2.75) is 39.3 Å². The minimum absolute atomic E-state index is 0.610. The molecule has 1 unspecified atom stereocenters. The van der Waals surface area contributed by atoms with Crippen molar-refractivity contribution < 1.29 is 4.74 Å². The van der Waals surface area contributed by atoms with Crippen molar-refractivity contribution in [3.63, 3.8) is 0 Å². The van der Waals surface area contributed by atoms with Crippen molar-refractivity contribution >= 4 is 5.69 Å². The lowest BCUT2D eigenvalue weighted by Crippen LogP contribution is -2.37. The normalized spacial score (nSPS) is 16.2. The predicted molar refractivity (Wildman–Crippen MR) is 85.4 cm³/mol. The Bertz CT molecular complexity index is 429. The second-order valence-electron chi connectivity index (χ2n) is 5.92. The number of nitrogens with one attached hydrogen (secondary N) is 1. The Morgan fingerprint density at radius 1 is 1.40 bits per heavy atom. The van der Waals surface area contributed by atoms with E-state index in [1.165, 1.54) is 29.7 Å². The maximum Gasteiger partial charge on any atom is 0.0637 e. The molecule has 0 radical (unpaired) electrons. The number of aryl methyl sites for hydroxylation is 1. The van der Waals surface area contributed by atoms with Crippen LogP contribution in [0.4, 0.5) is 5.69 Å². The largest absolute Gasteiger partial charge is 0.383 e. The first-order valence-corrected chi connectivity index (χ1v) is 7.67. The highest BCUT2D eigenvalue weighted by molar-refractivity contribution is 5.55. The molecule has 1 aliphatic carbocycles. The van der Waals surface area contributed by atoms with Crippen LogP contribution in [0.5, 0.6) is 0 Å². The van der Waals surface area contributed by atoms with Gasteiger partial charge in [0, 0.05) is 31.9 Å². The van der Waals surface area contributed by atoms with Gasteiger partial charge in [0.2, 0.25) is 0 Å². The summed E-state index contributed by atoms with van der Waals surface area (Å²) in [7, 11) is 3.77. The molecule has 112 valence electrons. The zero-order valence-electron chi connectivity index (χ0n) is 13.3. The molecule has 1 N–H and O–H groups in total. The van der Waals surface area contributed by atoms with Gasteiger partial charge in [-0.3, -0.25) is 0 Å². The molecule has 0 aliphatic heterocycles. The highest BCUT2D eigenvalue weighted by atomic mass is 16.5. The van der Waals surface area contributed by atoms with Gasteiger partial charge in [0.05, 0.1) is 6.61 Å². The van der Waals surface area contributed by atoms with Gasteiger partial charge in [0.15, 0.2) is 0 Å². The van der Waals surface area contributed by atoms with E-state index in [2.05, 4.69) is 42.3 Å².